The van der Waals surface area contributed by atoms with E-state index in [0.29, 0.717) is 5.56 Å². The van der Waals surface area contributed by atoms with Gasteiger partial charge < -0.3 is 5.11 Å². The highest BCUT2D eigenvalue weighted by atomic mass is 19.1. The van der Waals surface area contributed by atoms with Crippen LogP contribution in [0.1, 0.15) is 23.6 Å². The number of nitrogens with zero attached hydrogens (tertiary/aromatic N) is 2. The number of carboxylic acids is 1. The van der Waals surface area contributed by atoms with Gasteiger partial charge in [0, 0.05) is 6.42 Å². The fourth-order valence-corrected chi connectivity index (χ4v) is 1.75. The summed E-state index contributed by atoms with van der Waals surface area (Å²) in [4.78, 5) is 14.8. The maximum Gasteiger partial charge on any atom is 0.334 e. The summed E-state index contributed by atoms with van der Waals surface area (Å²) in [7, 11) is 0. The van der Waals surface area contributed by atoms with Crippen LogP contribution in [0.5, 0.6) is 0 Å². The summed E-state index contributed by atoms with van der Waals surface area (Å²) in [6.07, 6.45) is 0.958. The minimum atomic E-state index is -1.27. The molecule has 0 fully saturated rings. The molecule has 1 heterocycles. The maximum atomic E-state index is 13.2. The van der Waals surface area contributed by atoms with E-state index in [4.69, 9.17) is 10.4 Å². The Kier molecular flexibility index (Phi) is 3.20. The smallest absolute Gasteiger partial charge is 0.334 e. The molecule has 1 unspecified atom stereocenters. The van der Waals surface area contributed by atoms with Crippen molar-refractivity contribution in [2.24, 2.45) is 4.99 Å². The lowest BCUT2D eigenvalue weighted by molar-refractivity contribution is -0.133. The summed E-state index contributed by atoms with van der Waals surface area (Å²) in [6, 6.07) is 8.22. The molecule has 1 atom stereocenters. The zero-order valence-corrected chi connectivity index (χ0v) is 9.30. The third-order valence-corrected chi connectivity index (χ3v) is 2.74. The van der Waals surface area contributed by atoms with Gasteiger partial charge in [-0.3, -0.25) is 4.99 Å². The standard InChI is InChI=1S/C13H9FN2O2/c14-11-7-16-12(5-10(11)13(17)18)9-3-1-8(6-15)2-4-9/h1-4,7,12H,5H2,(H,17,18). The summed E-state index contributed by atoms with van der Waals surface area (Å²) in [5.74, 6) is -2.07. The number of hydrogen-bond donors (Lipinski definition) is 1. The van der Waals surface area contributed by atoms with Crippen LogP contribution in [-0.4, -0.2) is 17.3 Å². The van der Waals surface area contributed by atoms with Crippen LogP contribution in [-0.2, 0) is 4.79 Å². The number of carbonyl (C=O) groups is 1. The lowest BCUT2D eigenvalue weighted by atomic mass is 9.96. The van der Waals surface area contributed by atoms with Crippen LogP contribution in [0.2, 0.25) is 0 Å². The van der Waals surface area contributed by atoms with Gasteiger partial charge in [0.15, 0.2) is 5.83 Å². The molecule has 1 aromatic rings. The molecule has 18 heavy (non-hydrogen) atoms. The zero-order chi connectivity index (χ0) is 13.1. The van der Waals surface area contributed by atoms with Crippen molar-refractivity contribution in [3.63, 3.8) is 0 Å². The Morgan fingerprint density at radius 2 is 2.11 bits per heavy atom. The van der Waals surface area contributed by atoms with E-state index in [9.17, 15) is 9.18 Å². The highest BCUT2D eigenvalue weighted by Gasteiger charge is 2.23. The Labute approximate surface area is 103 Å². The van der Waals surface area contributed by atoms with E-state index in [1.807, 2.05) is 6.07 Å². The molecule has 2 rings (SSSR count). The maximum absolute atomic E-state index is 13.2. The first kappa shape index (κ1) is 12.0. The first-order valence-electron chi connectivity index (χ1n) is 5.27. The van der Waals surface area contributed by atoms with Gasteiger partial charge in [0.05, 0.1) is 29.5 Å². The van der Waals surface area contributed by atoms with Crippen molar-refractivity contribution in [3.05, 3.63) is 46.8 Å². The lowest BCUT2D eigenvalue weighted by Gasteiger charge is -2.17. The molecular formula is C13H9FN2O2. The SMILES string of the molecule is N#Cc1ccc(C2CC(C(=O)O)=C(F)C=N2)cc1. The van der Waals surface area contributed by atoms with Crippen LogP contribution in [0.25, 0.3) is 0 Å². The van der Waals surface area contributed by atoms with E-state index < -0.39 is 17.8 Å². The Hall–Kier alpha value is -2.48. The van der Waals surface area contributed by atoms with Crippen molar-refractivity contribution >= 4 is 12.2 Å². The molecule has 1 N–H and O–H groups in total. The molecule has 0 spiro atoms. The van der Waals surface area contributed by atoms with Crippen LogP contribution in [0, 0.1) is 11.3 Å². The number of aliphatic imine (C=N–C) groups is 1. The Balaban J connectivity index is 2.25. The minimum Gasteiger partial charge on any atom is -0.478 e. The number of carboxylic acid groups (broad SMARTS) is 1. The second-order valence-corrected chi connectivity index (χ2v) is 3.86. The fraction of sp³-hybridized carbons (Fsp3) is 0.154. The van der Waals surface area contributed by atoms with E-state index in [-0.39, 0.29) is 12.0 Å². The number of nitriles is 1. The topological polar surface area (TPSA) is 73.5 Å². The average molecular weight is 244 g/mol. The molecular weight excluding hydrogens is 235 g/mol. The molecule has 0 saturated carbocycles. The second-order valence-electron chi connectivity index (χ2n) is 3.86. The lowest BCUT2D eigenvalue weighted by Crippen LogP contribution is -2.12. The Morgan fingerprint density at radius 1 is 1.44 bits per heavy atom. The molecule has 5 heteroatoms. The molecule has 0 bridgehead atoms. The van der Waals surface area contributed by atoms with Crippen molar-refractivity contribution in [2.75, 3.05) is 0 Å². The largest absolute Gasteiger partial charge is 0.478 e. The highest BCUT2D eigenvalue weighted by Crippen LogP contribution is 2.30. The number of hydrogen-bond acceptors (Lipinski definition) is 3. The van der Waals surface area contributed by atoms with E-state index >= 15 is 0 Å². The van der Waals surface area contributed by atoms with E-state index in [0.717, 1.165) is 11.8 Å². The van der Waals surface area contributed by atoms with Crippen LogP contribution in [0.3, 0.4) is 0 Å². The number of rotatable bonds is 2. The quantitative estimate of drug-likeness (QED) is 0.867. The third-order valence-electron chi connectivity index (χ3n) is 2.74. The number of benzene rings is 1. The van der Waals surface area contributed by atoms with Crippen molar-refractivity contribution in [3.8, 4) is 6.07 Å². The van der Waals surface area contributed by atoms with Crippen molar-refractivity contribution in [1.82, 2.24) is 0 Å². The van der Waals surface area contributed by atoms with Crippen LogP contribution in [0.4, 0.5) is 4.39 Å². The molecule has 1 aliphatic heterocycles. The Bertz CT molecular complexity index is 582. The average Bonchev–Trinajstić information content (AvgIpc) is 2.39. The normalized spacial score (nSPS) is 18.6. The third kappa shape index (κ3) is 2.28. The van der Waals surface area contributed by atoms with Gasteiger partial charge in [-0.2, -0.15) is 5.26 Å². The predicted molar refractivity (Wildman–Crippen MR) is 62.8 cm³/mol. The van der Waals surface area contributed by atoms with Crippen LogP contribution in [0.15, 0.2) is 40.7 Å². The van der Waals surface area contributed by atoms with Gasteiger partial charge in [0.25, 0.3) is 0 Å². The second kappa shape index (κ2) is 4.80. The van der Waals surface area contributed by atoms with Gasteiger partial charge in [-0.1, -0.05) is 12.1 Å². The molecule has 1 aromatic carbocycles. The fourth-order valence-electron chi connectivity index (χ4n) is 1.75. The number of aliphatic carboxylic acids is 1. The molecule has 4 nitrogen and oxygen atoms in total. The van der Waals surface area contributed by atoms with Gasteiger partial charge in [-0.15, -0.1) is 0 Å². The summed E-state index contributed by atoms with van der Waals surface area (Å²) in [6.45, 7) is 0. The summed E-state index contributed by atoms with van der Waals surface area (Å²) in [5, 5.41) is 17.5. The van der Waals surface area contributed by atoms with Crippen LogP contribution >= 0.6 is 0 Å². The van der Waals surface area contributed by atoms with Crippen molar-refractivity contribution in [1.29, 1.82) is 5.26 Å². The number of allylic oxidation sites excluding steroid dienone is 1. The predicted octanol–water partition coefficient (Wildman–Crippen LogP) is 2.38. The number of halogens is 1. The van der Waals surface area contributed by atoms with E-state index in [1.54, 1.807) is 24.3 Å². The molecule has 0 aromatic heterocycles. The first-order valence-corrected chi connectivity index (χ1v) is 5.27. The first-order chi connectivity index (χ1) is 8.61. The minimum absolute atomic E-state index is 0.0174. The summed E-state index contributed by atoms with van der Waals surface area (Å²) >= 11 is 0. The van der Waals surface area contributed by atoms with Gasteiger partial charge in [-0.25, -0.2) is 9.18 Å². The molecule has 0 aliphatic carbocycles. The van der Waals surface area contributed by atoms with Gasteiger partial charge >= 0.3 is 5.97 Å². The molecule has 90 valence electrons. The van der Waals surface area contributed by atoms with Gasteiger partial charge in [-0.05, 0) is 17.7 Å². The summed E-state index contributed by atoms with van der Waals surface area (Å²) < 4.78 is 13.2. The number of dihydropyridines is 1. The van der Waals surface area contributed by atoms with E-state index in [2.05, 4.69) is 4.99 Å². The van der Waals surface area contributed by atoms with E-state index in [1.165, 1.54) is 0 Å². The van der Waals surface area contributed by atoms with Gasteiger partial charge in [0.2, 0.25) is 0 Å². The zero-order valence-electron chi connectivity index (χ0n) is 9.30. The monoisotopic (exact) mass is 244 g/mol. The van der Waals surface area contributed by atoms with Gasteiger partial charge in [0.1, 0.15) is 0 Å². The molecule has 1 aliphatic rings. The summed E-state index contributed by atoms with van der Waals surface area (Å²) in [5.41, 5.74) is 1.01. The van der Waals surface area contributed by atoms with Crippen LogP contribution < -0.4 is 0 Å². The van der Waals surface area contributed by atoms with Crippen molar-refractivity contribution < 1.29 is 14.3 Å². The highest BCUT2D eigenvalue weighted by molar-refractivity contribution is 5.95. The molecule has 0 radical (unpaired) electrons. The Morgan fingerprint density at radius 3 is 2.67 bits per heavy atom. The molecule has 0 amide bonds. The van der Waals surface area contributed by atoms with Crippen molar-refractivity contribution in [2.45, 2.75) is 12.5 Å². The molecule has 0 saturated heterocycles.